The van der Waals surface area contributed by atoms with Crippen molar-refractivity contribution in [3.8, 4) is 0 Å². The normalized spacial score (nSPS) is 18.1. The second-order valence-corrected chi connectivity index (χ2v) is 4.80. The van der Waals surface area contributed by atoms with Gasteiger partial charge < -0.3 is 4.74 Å². The summed E-state index contributed by atoms with van der Waals surface area (Å²) in [5.41, 5.74) is 0.899. The number of aromatic nitrogens is 3. The molecule has 0 bridgehead atoms. The third-order valence-corrected chi connectivity index (χ3v) is 3.61. The Morgan fingerprint density at radius 3 is 2.88 bits per heavy atom. The first-order valence-corrected chi connectivity index (χ1v) is 6.23. The van der Waals surface area contributed by atoms with E-state index in [2.05, 4.69) is 30.5 Å². The lowest BCUT2D eigenvalue weighted by molar-refractivity contribution is 0.0833. The molecule has 0 aliphatic carbocycles. The maximum absolute atomic E-state index is 5.37. The van der Waals surface area contributed by atoms with Gasteiger partial charge in [-0.25, -0.2) is 0 Å². The molecule has 0 unspecified atom stereocenters. The SMILES string of the molecule is Brc1cccc2nnc(C3CCOCC3)n12. The fourth-order valence-corrected chi connectivity index (χ4v) is 2.66. The number of pyridine rings is 1. The molecule has 4 nitrogen and oxygen atoms in total. The molecule has 0 radical (unpaired) electrons. The second-order valence-electron chi connectivity index (χ2n) is 3.99. The Morgan fingerprint density at radius 2 is 2.06 bits per heavy atom. The largest absolute Gasteiger partial charge is 0.381 e. The van der Waals surface area contributed by atoms with Crippen LogP contribution in [0.5, 0.6) is 0 Å². The van der Waals surface area contributed by atoms with Gasteiger partial charge in [-0.15, -0.1) is 10.2 Å². The number of halogens is 1. The Balaban J connectivity index is 2.09. The van der Waals surface area contributed by atoms with Crippen LogP contribution in [0.2, 0.25) is 0 Å². The fraction of sp³-hybridized carbons (Fsp3) is 0.455. The van der Waals surface area contributed by atoms with E-state index in [0.29, 0.717) is 5.92 Å². The standard InChI is InChI=1S/C11H12BrN3O/c12-9-2-1-3-10-13-14-11(15(9)10)8-4-6-16-7-5-8/h1-3,8H,4-7H2. The van der Waals surface area contributed by atoms with Crippen LogP contribution >= 0.6 is 15.9 Å². The fourth-order valence-electron chi connectivity index (χ4n) is 2.14. The highest BCUT2D eigenvalue weighted by Gasteiger charge is 2.21. The highest BCUT2D eigenvalue weighted by Crippen LogP contribution is 2.27. The zero-order valence-corrected chi connectivity index (χ0v) is 10.4. The summed E-state index contributed by atoms with van der Waals surface area (Å²) in [5, 5.41) is 8.50. The van der Waals surface area contributed by atoms with E-state index < -0.39 is 0 Å². The molecular formula is C11H12BrN3O. The second kappa shape index (κ2) is 4.14. The van der Waals surface area contributed by atoms with Gasteiger partial charge in [0.2, 0.25) is 0 Å². The summed E-state index contributed by atoms with van der Waals surface area (Å²) >= 11 is 3.55. The highest BCUT2D eigenvalue weighted by atomic mass is 79.9. The van der Waals surface area contributed by atoms with Crippen molar-refractivity contribution in [1.29, 1.82) is 0 Å². The van der Waals surface area contributed by atoms with Gasteiger partial charge in [0.1, 0.15) is 5.82 Å². The Kier molecular flexibility index (Phi) is 2.65. The van der Waals surface area contributed by atoms with E-state index in [4.69, 9.17) is 4.74 Å². The Morgan fingerprint density at radius 1 is 1.25 bits per heavy atom. The van der Waals surface area contributed by atoms with Gasteiger partial charge in [0, 0.05) is 19.1 Å². The van der Waals surface area contributed by atoms with Gasteiger partial charge >= 0.3 is 0 Å². The van der Waals surface area contributed by atoms with E-state index in [1.54, 1.807) is 0 Å². The van der Waals surface area contributed by atoms with E-state index in [1.807, 2.05) is 18.2 Å². The quantitative estimate of drug-likeness (QED) is 0.754. The van der Waals surface area contributed by atoms with Crippen molar-refractivity contribution in [2.24, 2.45) is 0 Å². The number of hydrogen-bond donors (Lipinski definition) is 0. The van der Waals surface area contributed by atoms with Crippen LogP contribution < -0.4 is 0 Å². The van der Waals surface area contributed by atoms with Crippen LogP contribution in [0, 0.1) is 0 Å². The lowest BCUT2D eigenvalue weighted by Crippen LogP contribution is -2.16. The van der Waals surface area contributed by atoms with E-state index in [9.17, 15) is 0 Å². The summed E-state index contributed by atoms with van der Waals surface area (Å²) < 4.78 is 8.46. The molecule has 0 N–H and O–H groups in total. The van der Waals surface area contributed by atoms with Gasteiger partial charge in [-0.3, -0.25) is 4.40 Å². The summed E-state index contributed by atoms with van der Waals surface area (Å²) in [6.07, 6.45) is 2.06. The lowest BCUT2D eigenvalue weighted by Gasteiger charge is -2.20. The van der Waals surface area contributed by atoms with Crippen molar-refractivity contribution < 1.29 is 4.74 Å². The Hall–Kier alpha value is -0.940. The number of hydrogen-bond acceptors (Lipinski definition) is 3. The smallest absolute Gasteiger partial charge is 0.161 e. The maximum Gasteiger partial charge on any atom is 0.161 e. The predicted octanol–water partition coefficient (Wildman–Crippen LogP) is 2.39. The van der Waals surface area contributed by atoms with Crippen molar-refractivity contribution >= 4 is 21.6 Å². The van der Waals surface area contributed by atoms with Crippen LogP contribution in [0.1, 0.15) is 24.6 Å². The minimum atomic E-state index is 0.461. The monoisotopic (exact) mass is 281 g/mol. The Labute approximate surface area is 102 Å². The topological polar surface area (TPSA) is 39.4 Å². The van der Waals surface area contributed by atoms with Gasteiger partial charge in [-0.2, -0.15) is 0 Å². The van der Waals surface area contributed by atoms with E-state index >= 15 is 0 Å². The van der Waals surface area contributed by atoms with Crippen molar-refractivity contribution in [3.05, 3.63) is 28.6 Å². The molecule has 2 aromatic rings. The molecule has 3 rings (SSSR count). The number of nitrogens with zero attached hydrogens (tertiary/aromatic N) is 3. The molecule has 1 saturated heterocycles. The molecule has 0 saturated carbocycles. The molecule has 0 atom stereocenters. The van der Waals surface area contributed by atoms with Gasteiger partial charge in [-0.05, 0) is 40.9 Å². The van der Waals surface area contributed by atoms with E-state index in [0.717, 1.165) is 42.1 Å². The minimum absolute atomic E-state index is 0.461. The van der Waals surface area contributed by atoms with Crippen LogP contribution in [0.15, 0.2) is 22.8 Å². The number of fused-ring (bicyclic) bond motifs is 1. The number of rotatable bonds is 1. The van der Waals surface area contributed by atoms with Gasteiger partial charge in [0.15, 0.2) is 5.65 Å². The predicted molar refractivity (Wildman–Crippen MR) is 63.5 cm³/mol. The van der Waals surface area contributed by atoms with Crippen molar-refractivity contribution in [3.63, 3.8) is 0 Å². The van der Waals surface area contributed by atoms with Crippen LogP contribution in [0.4, 0.5) is 0 Å². The molecule has 3 heterocycles. The highest BCUT2D eigenvalue weighted by molar-refractivity contribution is 9.10. The summed E-state index contributed by atoms with van der Waals surface area (Å²) in [6, 6.07) is 5.96. The zero-order chi connectivity index (χ0) is 11.0. The van der Waals surface area contributed by atoms with Crippen molar-refractivity contribution in [2.75, 3.05) is 13.2 Å². The van der Waals surface area contributed by atoms with Crippen LogP contribution in [-0.2, 0) is 4.74 Å². The van der Waals surface area contributed by atoms with E-state index in [-0.39, 0.29) is 0 Å². The van der Waals surface area contributed by atoms with Crippen LogP contribution in [-0.4, -0.2) is 27.8 Å². The molecule has 0 spiro atoms. The molecule has 0 amide bonds. The molecule has 2 aromatic heterocycles. The first-order valence-electron chi connectivity index (χ1n) is 5.43. The molecule has 1 aliphatic rings. The summed E-state index contributed by atoms with van der Waals surface area (Å²) in [7, 11) is 0. The van der Waals surface area contributed by atoms with Gasteiger partial charge in [0.25, 0.3) is 0 Å². The first kappa shape index (κ1) is 10.2. The summed E-state index contributed by atoms with van der Waals surface area (Å²) in [5.74, 6) is 1.51. The molecule has 1 fully saturated rings. The van der Waals surface area contributed by atoms with Gasteiger partial charge in [0.05, 0.1) is 4.60 Å². The molecule has 0 aromatic carbocycles. The first-order chi connectivity index (χ1) is 7.86. The summed E-state index contributed by atoms with van der Waals surface area (Å²) in [6.45, 7) is 1.65. The van der Waals surface area contributed by atoms with Gasteiger partial charge in [-0.1, -0.05) is 6.07 Å². The minimum Gasteiger partial charge on any atom is -0.381 e. The molecule has 16 heavy (non-hydrogen) atoms. The third-order valence-electron chi connectivity index (χ3n) is 2.99. The number of ether oxygens (including phenoxy) is 1. The molecule has 5 heteroatoms. The van der Waals surface area contributed by atoms with Crippen LogP contribution in [0.25, 0.3) is 5.65 Å². The Bertz CT molecular complexity index is 505. The van der Waals surface area contributed by atoms with Crippen molar-refractivity contribution in [2.45, 2.75) is 18.8 Å². The maximum atomic E-state index is 5.37. The summed E-state index contributed by atoms with van der Waals surface area (Å²) in [4.78, 5) is 0. The zero-order valence-electron chi connectivity index (χ0n) is 8.77. The van der Waals surface area contributed by atoms with E-state index in [1.165, 1.54) is 0 Å². The van der Waals surface area contributed by atoms with Crippen LogP contribution in [0.3, 0.4) is 0 Å². The lowest BCUT2D eigenvalue weighted by atomic mass is 10.00. The molecular weight excluding hydrogens is 270 g/mol. The molecule has 1 aliphatic heterocycles. The average molecular weight is 282 g/mol. The average Bonchev–Trinajstić information content (AvgIpc) is 2.75. The van der Waals surface area contributed by atoms with Crippen molar-refractivity contribution in [1.82, 2.24) is 14.6 Å². The third kappa shape index (κ3) is 1.64. The molecule has 84 valence electrons.